The van der Waals surface area contributed by atoms with Crippen LogP contribution in [0, 0.1) is 11.3 Å². The van der Waals surface area contributed by atoms with E-state index in [2.05, 4.69) is 10.2 Å². The molecule has 3 rings (SSSR count). The fourth-order valence-corrected chi connectivity index (χ4v) is 5.48. The minimum absolute atomic E-state index is 0.146. The average Bonchev–Trinajstić information content (AvgIpc) is 2.85. The number of nitrogens with zero attached hydrogens (tertiary/aromatic N) is 3. The van der Waals surface area contributed by atoms with Gasteiger partial charge in [-0.1, -0.05) is 13.8 Å². The van der Waals surface area contributed by atoms with Gasteiger partial charge in [0.2, 0.25) is 10.0 Å². The highest BCUT2D eigenvalue weighted by molar-refractivity contribution is 7.89. The van der Waals surface area contributed by atoms with Crippen LogP contribution in [-0.2, 0) is 14.8 Å². The smallest absolute Gasteiger partial charge is 0.265 e. The van der Waals surface area contributed by atoms with Crippen molar-refractivity contribution in [3.05, 3.63) is 48.0 Å². The van der Waals surface area contributed by atoms with Crippen LogP contribution in [0.15, 0.2) is 47.4 Å². The Morgan fingerprint density at radius 2 is 1.76 bits per heavy atom. The summed E-state index contributed by atoms with van der Waals surface area (Å²) in [4.78, 5) is 15.3. The van der Waals surface area contributed by atoms with E-state index in [1.807, 2.05) is 6.07 Å². The molecule has 1 atom stereocenters. The second-order valence-electron chi connectivity index (χ2n) is 8.20. The van der Waals surface area contributed by atoms with Crippen LogP contribution in [0.2, 0.25) is 0 Å². The lowest BCUT2D eigenvalue weighted by Gasteiger charge is -2.31. The summed E-state index contributed by atoms with van der Waals surface area (Å²) >= 11 is 0. The van der Waals surface area contributed by atoms with Gasteiger partial charge in [0.15, 0.2) is 6.10 Å². The molecule has 0 aromatic heterocycles. The third-order valence-corrected chi connectivity index (χ3v) is 7.98. The average molecular weight is 485 g/mol. The molecule has 1 amide bonds. The van der Waals surface area contributed by atoms with Crippen LogP contribution in [-0.4, -0.2) is 50.9 Å². The molecule has 2 aromatic carbocycles. The monoisotopic (exact) mass is 484 g/mol. The zero-order chi connectivity index (χ0) is 24.7. The summed E-state index contributed by atoms with van der Waals surface area (Å²) in [6.45, 7) is 7.66. The van der Waals surface area contributed by atoms with Gasteiger partial charge in [-0.05, 0) is 68.7 Å². The number of hydrogen-bond acceptors (Lipinski definition) is 6. The molecule has 1 aliphatic rings. The van der Waals surface area contributed by atoms with E-state index in [1.54, 1.807) is 63.2 Å². The predicted molar refractivity (Wildman–Crippen MR) is 132 cm³/mol. The lowest BCUT2D eigenvalue weighted by atomic mass is 10.1. The van der Waals surface area contributed by atoms with Crippen molar-refractivity contribution in [1.29, 1.82) is 5.26 Å². The fourth-order valence-electron chi connectivity index (χ4n) is 4.00. The second kappa shape index (κ2) is 11.4. The summed E-state index contributed by atoms with van der Waals surface area (Å²) in [5, 5.41) is 11.8. The Labute approximate surface area is 202 Å². The van der Waals surface area contributed by atoms with Gasteiger partial charge in [-0.15, -0.1) is 0 Å². The molecule has 0 aliphatic carbocycles. The minimum Gasteiger partial charge on any atom is -0.481 e. The molecule has 34 heavy (non-hydrogen) atoms. The minimum atomic E-state index is -3.68. The molecule has 8 nitrogen and oxygen atoms in total. The highest BCUT2D eigenvalue weighted by Crippen LogP contribution is 2.32. The van der Waals surface area contributed by atoms with Crippen molar-refractivity contribution in [3.8, 4) is 11.8 Å². The van der Waals surface area contributed by atoms with Gasteiger partial charge in [0.25, 0.3) is 5.91 Å². The number of piperidine rings is 1. The van der Waals surface area contributed by atoms with Crippen molar-refractivity contribution >= 4 is 27.3 Å². The zero-order valence-corrected chi connectivity index (χ0v) is 20.8. The summed E-state index contributed by atoms with van der Waals surface area (Å²) in [5.41, 5.74) is 1.76. The molecule has 182 valence electrons. The Bertz CT molecular complexity index is 1130. The van der Waals surface area contributed by atoms with Crippen molar-refractivity contribution in [3.63, 3.8) is 0 Å². The van der Waals surface area contributed by atoms with Crippen LogP contribution < -0.4 is 15.0 Å². The maximum absolute atomic E-state index is 13.1. The topological polar surface area (TPSA) is 103 Å². The number of anilines is 2. The Morgan fingerprint density at radius 1 is 1.12 bits per heavy atom. The number of sulfonamides is 1. The number of nitriles is 1. The van der Waals surface area contributed by atoms with E-state index in [0.717, 1.165) is 38.0 Å². The molecule has 0 spiro atoms. The van der Waals surface area contributed by atoms with Crippen molar-refractivity contribution in [2.75, 3.05) is 36.4 Å². The third kappa shape index (κ3) is 5.88. The summed E-state index contributed by atoms with van der Waals surface area (Å²) in [6, 6.07) is 13.5. The van der Waals surface area contributed by atoms with Crippen LogP contribution >= 0.6 is 0 Å². The molecule has 1 unspecified atom stereocenters. The van der Waals surface area contributed by atoms with Gasteiger partial charge < -0.3 is 15.0 Å². The second-order valence-corrected chi connectivity index (χ2v) is 10.1. The number of nitrogens with one attached hydrogen (secondary N) is 1. The van der Waals surface area contributed by atoms with Crippen LogP contribution in [0.4, 0.5) is 11.4 Å². The molecule has 1 saturated heterocycles. The van der Waals surface area contributed by atoms with Crippen molar-refractivity contribution in [2.24, 2.45) is 0 Å². The molecule has 0 bridgehead atoms. The van der Waals surface area contributed by atoms with E-state index in [1.165, 1.54) is 4.31 Å². The quantitative estimate of drug-likeness (QED) is 0.577. The maximum Gasteiger partial charge on any atom is 0.265 e. The first kappa shape index (κ1) is 25.5. The number of rotatable bonds is 9. The van der Waals surface area contributed by atoms with Crippen LogP contribution in [0.5, 0.6) is 5.75 Å². The lowest BCUT2D eigenvalue weighted by Crippen LogP contribution is -2.34. The van der Waals surface area contributed by atoms with Crippen LogP contribution in [0.3, 0.4) is 0 Å². The Kier molecular flexibility index (Phi) is 8.53. The van der Waals surface area contributed by atoms with Crippen LogP contribution in [0.25, 0.3) is 0 Å². The first-order valence-electron chi connectivity index (χ1n) is 11.7. The molecule has 1 heterocycles. The summed E-state index contributed by atoms with van der Waals surface area (Å²) in [7, 11) is -3.68. The Hall–Kier alpha value is -3.09. The van der Waals surface area contributed by atoms with Gasteiger partial charge in [-0.25, -0.2) is 8.42 Å². The highest BCUT2D eigenvalue weighted by atomic mass is 32.2. The first-order valence-corrected chi connectivity index (χ1v) is 13.1. The molecule has 1 fully saturated rings. The highest BCUT2D eigenvalue weighted by Gasteiger charge is 2.25. The van der Waals surface area contributed by atoms with Gasteiger partial charge in [0.1, 0.15) is 5.75 Å². The normalized spacial score (nSPS) is 15.0. The number of benzene rings is 2. The standard InChI is InChI=1S/C25H32N4O4S/c1-4-29(5-2)34(31,32)22-13-14-24(28-15-7-6-8-16-28)23(17-22)27-25(30)19(3)33-21-11-9-20(18-26)10-12-21/h9-14,17,19H,4-8,15-16H2,1-3H3,(H,27,30). The van der Waals surface area contributed by atoms with Gasteiger partial charge in [0.05, 0.1) is 27.9 Å². The van der Waals surface area contributed by atoms with E-state index >= 15 is 0 Å². The van der Waals surface area contributed by atoms with E-state index < -0.39 is 16.1 Å². The number of hydrogen-bond donors (Lipinski definition) is 1. The van der Waals surface area contributed by atoms with Gasteiger partial charge in [0, 0.05) is 26.2 Å². The number of carbonyl (C=O) groups is 1. The summed E-state index contributed by atoms with van der Waals surface area (Å²) < 4.78 is 33.3. The summed E-state index contributed by atoms with van der Waals surface area (Å²) in [5.74, 6) is 0.0794. The predicted octanol–water partition coefficient (Wildman–Crippen LogP) is 3.99. The van der Waals surface area contributed by atoms with E-state index in [9.17, 15) is 13.2 Å². The molecule has 1 aliphatic heterocycles. The van der Waals surface area contributed by atoms with E-state index in [4.69, 9.17) is 10.00 Å². The molecule has 0 radical (unpaired) electrons. The van der Waals surface area contributed by atoms with Gasteiger partial charge in [-0.3, -0.25) is 4.79 Å². The largest absolute Gasteiger partial charge is 0.481 e. The molecule has 1 N–H and O–H groups in total. The lowest BCUT2D eigenvalue weighted by molar-refractivity contribution is -0.122. The van der Waals surface area contributed by atoms with E-state index in [-0.39, 0.29) is 10.8 Å². The fraction of sp³-hybridized carbons (Fsp3) is 0.440. The zero-order valence-electron chi connectivity index (χ0n) is 20.0. The number of ether oxygens (including phenoxy) is 1. The van der Waals surface area contributed by atoms with Gasteiger partial charge >= 0.3 is 0 Å². The van der Waals surface area contributed by atoms with E-state index in [0.29, 0.717) is 30.1 Å². The Balaban J connectivity index is 1.88. The van der Waals surface area contributed by atoms with Crippen molar-refractivity contribution in [2.45, 2.75) is 51.0 Å². The molecular formula is C25H32N4O4S. The molecule has 0 saturated carbocycles. The third-order valence-electron chi connectivity index (χ3n) is 5.93. The molecular weight excluding hydrogens is 452 g/mol. The maximum atomic E-state index is 13.1. The first-order chi connectivity index (χ1) is 16.3. The van der Waals surface area contributed by atoms with Crippen molar-refractivity contribution < 1.29 is 17.9 Å². The molecule has 9 heteroatoms. The SMILES string of the molecule is CCN(CC)S(=O)(=O)c1ccc(N2CCCCC2)c(NC(=O)C(C)Oc2ccc(C#N)cc2)c1. The van der Waals surface area contributed by atoms with Crippen LogP contribution in [0.1, 0.15) is 45.6 Å². The van der Waals surface area contributed by atoms with Crippen molar-refractivity contribution in [1.82, 2.24) is 4.31 Å². The molecule has 2 aromatic rings. The summed E-state index contributed by atoms with van der Waals surface area (Å²) in [6.07, 6.45) is 2.42. The number of carbonyl (C=O) groups excluding carboxylic acids is 1. The Morgan fingerprint density at radius 3 is 2.35 bits per heavy atom. The number of amides is 1. The van der Waals surface area contributed by atoms with Gasteiger partial charge in [-0.2, -0.15) is 9.57 Å².